The van der Waals surface area contributed by atoms with Gasteiger partial charge in [0.05, 0.1) is 11.5 Å². The first-order chi connectivity index (χ1) is 14.9. The van der Waals surface area contributed by atoms with Crippen molar-refractivity contribution in [3.63, 3.8) is 0 Å². The van der Waals surface area contributed by atoms with Gasteiger partial charge >= 0.3 is 0 Å². The molecule has 164 valence electrons. The Morgan fingerprint density at radius 3 is 2.90 bits per heavy atom. The third kappa shape index (κ3) is 3.99. The van der Waals surface area contributed by atoms with Crippen LogP contribution in [0.1, 0.15) is 38.7 Å². The van der Waals surface area contributed by atoms with E-state index in [4.69, 9.17) is 4.98 Å². The Labute approximate surface area is 184 Å². The Morgan fingerprint density at radius 1 is 1.32 bits per heavy atom. The van der Waals surface area contributed by atoms with Crippen LogP contribution in [0.5, 0.6) is 0 Å². The maximum atomic E-state index is 14.0. The first kappa shape index (κ1) is 20.6. The first-order valence-corrected chi connectivity index (χ1v) is 13.0. The molecule has 1 aliphatic heterocycles. The molecule has 2 aliphatic carbocycles. The van der Waals surface area contributed by atoms with Crippen molar-refractivity contribution in [2.24, 2.45) is 5.92 Å². The second-order valence-corrected chi connectivity index (χ2v) is 11.9. The van der Waals surface area contributed by atoms with Crippen molar-refractivity contribution in [3.05, 3.63) is 46.5 Å². The number of pyridine rings is 1. The number of nitrogens with zero attached hydrogens (tertiary/aromatic N) is 2. The van der Waals surface area contributed by atoms with E-state index in [1.807, 2.05) is 12.1 Å². The number of hydrogen-bond acceptors (Lipinski definition) is 5. The number of aliphatic hydroxyl groups is 1. The van der Waals surface area contributed by atoms with Crippen molar-refractivity contribution < 1.29 is 9.32 Å². The summed E-state index contributed by atoms with van der Waals surface area (Å²) in [6, 6.07) is 10.3. The highest BCUT2D eigenvalue weighted by Gasteiger charge is 2.31. The summed E-state index contributed by atoms with van der Waals surface area (Å²) in [6.45, 7) is 5.93. The maximum absolute atomic E-state index is 14.0. The summed E-state index contributed by atoms with van der Waals surface area (Å²) in [5.74, 6) is 2.03. The van der Waals surface area contributed by atoms with Crippen molar-refractivity contribution in [1.29, 1.82) is 0 Å². The number of nitrogens with one attached hydrogen (secondary N) is 1. The monoisotopic (exact) mass is 437 g/mol. The normalized spacial score (nSPS) is 25.5. The molecular weight excluding hydrogens is 406 g/mol. The zero-order valence-corrected chi connectivity index (χ0v) is 19.1. The molecular formula is C25H31N3O2S. The molecule has 31 heavy (non-hydrogen) atoms. The molecule has 1 saturated carbocycles. The Kier molecular flexibility index (Phi) is 5.30. The zero-order chi connectivity index (χ0) is 21.6. The minimum Gasteiger partial charge on any atom is -0.392 e. The van der Waals surface area contributed by atoms with Gasteiger partial charge in [-0.3, -0.25) is 4.21 Å². The van der Waals surface area contributed by atoms with Crippen LogP contribution in [0, 0.1) is 5.92 Å². The van der Waals surface area contributed by atoms with Crippen molar-refractivity contribution in [3.8, 4) is 0 Å². The minimum atomic E-state index is -2.10. The van der Waals surface area contributed by atoms with Gasteiger partial charge in [0.2, 0.25) is 0 Å². The molecule has 3 aliphatic rings. The SMILES string of the molecule is CC(O)CNc1cc(N2CCS(=O)(=C3CC3)c3ccccc3C2)nc2c1=CC(C)CC=2. The van der Waals surface area contributed by atoms with Gasteiger partial charge in [0.1, 0.15) is 5.82 Å². The van der Waals surface area contributed by atoms with Gasteiger partial charge in [-0.15, -0.1) is 0 Å². The van der Waals surface area contributed by atoms with Gasteiger partial charge in [-0.05, 0) is 48.6 Å². The third-order valence-corrected chi connectivity index (χ3v) is 9.59. The lowest BCUT2D eigenvalue weighted by molar-refractivity contribution is 0.208. The molecule has 0 amide bonds. The number of fused-ring (bicyclic) bond motifs is 2. The Hall–Kier alpha value is -2.31. The van der Waals surface area contributed by atoms with E-state index in [2.05, 4.69) is 47.5 Å². The van der Waals surface area contributed by atoms with Crippen LogP contribution in [0.25, 0.3) is 12.2 Å². The fraction of sp³-hybridized carbons (Fsp3) is 0.440. The Bertz CT molecular complexity index is 1250. The standard InChI is InChI=1S/C25H31N3O2S/c1-17-7-10-22-21(13-17)23(26-15-18(2)29)14-25(27-22)28-11-12-31(30,20-8-9-20)24-6-4-3-5-19(24)16-28/h3-6,10,13-14,17-18,26,29H,7-9,11-12,15-16H2,1-2H3. The van der Waals surface area contributed by atoms with E-state index in [9.17, 15) is 9.32 Å². The Morgan fingerprint density at radius 2 is 2.13 bits per heavy atom. The van der Waals surface area contributed by atoms with E-state index < -0.39 is 15.6 Å². The van der Waals surface area contributed by atoms with Crippen molar-refractivity contribution in [2.75, 3.05) is 29.1 Å². The summed E-state index contributed by atoms with van der Waals surface area (Å²) < 4.78 is 14.0. The lowest BCUT2D eigenvalue weighted by Crippen LogP contribution is -2.38. The lowest BCUT2D eigenvalue weighted by Gasteiger charge is -2.24. The highest BCUT2D eigenvalue weighted by atomic mass is 32.2. The second kappa shape index (κ2) is 7.99. The van der Waals surface area contributed by atoms with Crippen LogP contribution in [-0.4, -0.2) is 44.1 Å². The smallest absolute Gasteiger partial charge is 0.131 e. The van der Waals surface area contributed by atoms with Crippen molar-refractivity contribution >= 4 is 38.0 Å². The molecule has 0 spiro atoms. The zero-order valence-electron chi connectivity index (χ0n) is 18.3. The molecule has 1 aromatic carbocycles. The molecule has 5 nitrogen and oxygen atoms in total. The maximum Gasteiger partial charge on any atom is 0.131 e. The molecule has 0 radical (unpaired) electrons. The van der Waals surface area contributed by atoms with E-state index in [1.165, 1.54) is 4.86 Å². The number of aromatic nitrogens is 1. The molecule has 6 heteroatoms. The number of aliphatic hydroxyl groups excluding tert-OH is 1. The number of hydrogen-bond donors (Lipinski definition) is 2. The lowest BCUT2D eigenvalue weighted by atomic mass is 10.0. The third-order valence-electron chi connectivity index (χ3n) is 6.38. The summed E-state index contributed by atoms with van der Waals surface area (Å²) in [6.07, 6.45) is 7.04. The predicted molar refractivity (Wildman–Crippen MR) is 129 cm³/mol. The molecule has 0 saturated heterocycles. The van der Waals surface area contributed by atoms with Gasteiger partial charge in [0.25, 0.3) is 0 Å². The van der Waals surface area contributed by atoms with E-state index in [0.29, 0.717) is 24.8 Å². The van der Waals surface area contributed by atoms with Crippen LogP contribution in [0.4, 0.5) is 11.5 Å². The molecule has 3 atom stereocenters. The topological polar surface area (TPSA) is 65.5 Å². The largest absolute Gasteiger partial charge is 0.392 e. The van der Waals surface area contributed by atoms with Crippen LogP contribution in [0.15, 0.2) is 35.2 Å². The summed E-state index contributed by atoms with van der Waals surface area (Å²) in [5.41, 5.74) is 2.16. The minimum absolute atomic E-state index is 0.428. The fourth-order valence-corrected chi connectivity index (χ4v) is 7.49. The molecule has 5 rings (SSSR count). The summed E-state index contributed by atoms with van der Waals surface area (Å²) in [4.78, 5) is 9.56. The first-order valence-electron chi connectivity index (χ1n) is 11.3. The average Bonchev–Trinajstić information content (AvgIpc) is 3.61. The number of anilines is 2. The van der Waals surface area contributed by atoms with Gasteiger partial charge < -0.3 is 15.3 Å². The van der Waals surface area contributed by atoms with Crippen LogP contribution in [0.2, 0.25) is 0 Å². The number of rotatable bonds is 4. The average molecular weight is 438 g/mol. The van der Waals surface area contributed by atoms with Gasteiger partial charge in [-0.1, -0.05) is 37.3 Å². The molecule has 1 fully saturated rings. The van der Waals surface area contributed by atoms with E-state index in [0.717, 1.165) is 58.3 Å². The summed E-state index contributed by atoms with van der Waals surface area (Å²) in [7, 11) is -2.10. The molecule has 2 N–H and O–H groups in total. The summed E-state index contributed by atoms with van der Waals surface area (Å²) in [5, 5.41) is 15.4. The van der Waals surface area contributed by atoms with Crippen LogP contribution < -0.4 is 20.8 Å². The molecule has 3 unspecified atom stereocenters. The van der Waals surface area contributed by atoms with Crippen molar-refractivity contribution in [2.45, 2.75) is 50.7 Å². The molecule has 1 aromatic heterocycles. The van der Waals surface area contributed by atoms with Gasteiger partial charge in [-0.2, -0.15) is 0 Å². The predicted octanol–water partition coefficient (Wildman–Crippen LogP) is 2.10. The van der Waals surface area contributed by atoms with Crippen LogP contribution in [-0.2, 0) is 16.1 Å². The highest BCUT2D eigenvalue weighted by molar-refractivity contribution is 8.02. The second-order valence-electron chi connectivity index (χ2n) is 9.09. The van der Waals surface area contributed by atoms with Crippen LogP contribution in [0.3, 0.4) is 0 Å². The van der Waals surface area contributed by atoms with E-state index in [-0.39, 0.29) is 0 Å². The summed E-state index contributed by atoms with van der Waals surface area (Å²) >= 11 is 0. The quantitative estimate of drug-likeness (QED) is 0.718. The highest BCUT2D eigenvalue weighted by Crippen LogP contribution is 2.32. The van der Waals surface area contributed by atoms with Crippen molar-refractivity contribution in [1.82, 2.24) is 4.98 Å². The van der Waals surface area contributed by atoms with Crippen LogP contribution >= 0.6 is 0 Å². The molecule has 2 heterocycles. The molecule has 0 bridgehead atoms. The molecule has 2 aromatic rings. The van der Waals surface area contributed by atoms with E-state index in [1.54, 1.807) is 6.92 Å². The van der Waals surface area contributed by atoms with Gasteiger partial charge in [0, 0.05) is 56.8 Å². The number of benzene rings is 1. The van der Waals surface area contributed by atoms with Gasteiger partial charge in [0.15, 0.2) is 0 Å². The van der Waals surface area contributed by atoms with Gasteiger partial charge in [-0.25, -0.2) is 4.98 Å². The fourth-order valence-electron chi connectivity index (χ4n) is 4.57. The Balaban J connectivity index is 1.58. The van der Waals surface area contributed by atoms with E-state index >= 15 is 0 Å².